The molecule has 0 radical (unpaired) electrons. The molecular weight excluding hydrogens is 144 g/mol. The minimum atomic E-state index is -0.809. The van der Waals surface area contributed by atoms with Crippen molar-refractivity contribution < 1.29 is 15.0 Å². The lowest BCUT2D eigenvalue weighted by atomic mass is 10.1. The molecule has 0 heterocycles. The van der Waals surface area contributed by atoms with Crippen molar-refractivity contribution in [2.45, 2.75) is 31.8 Å². The number of hydrogen-bond donors (Lipinski definition) is 2. The summed E-state index contributed by atoms with van der Waals surface area (Å²) in [6.45, 7) is 3.47. The van der Waals surface area contributed by atoms with E-state index in [0.29, 0.717) is 19.3 Å². The van der Waals surface area contributed by atoms with Gasteiger partial charge in [0.25, 0.3) is 0 Å². The predicted octanol–water partition coefficient (Wildman–Crippen LogP) is 1.18. The van der Waals surface area contributed by atoms with Gasteiger partial charge < -0.3 is 10.2 Å². The first-order valence-corrected chi connectivity index (χ1v) is 3.67. The summed E-state index contributed by atoms with van der Waals surface area (Å²) in [5, 5.41) is 17.4. The maximum atomic E-state index is 10.0. The van der Waals surface area contributed by atoms with E-state index in [-0.39, 0.29) is 6.42 Å². The Morgan fingerprint density at radius 1 is 1.64 bits per heavy atom. The van der Waals surface area contributed by atoms with Gasteiger partial charge in [-0.15, -0.1) is 6.58 Å². The molecular formula is C8H14O3. The second kappa shape index (κ2) is 5.92. The van der Waals surface area contributed by atoms with Crippen LogP contribution in [0.2, 0.25) is 0 Å². The average molecular weight is 158 g/mol. The first kappa shape index (κ1) is 10.2. The molecule has 0 spiro atoms. The van der Waals surface area contributed by atoms with E-state index in [1.54, 1.807) is 6.08 Å². The van der Waals surface area contributed by atoms with Gasteiger partial charge in [0.2, 0.25) is 0 Å². The summed E-state index contributed by atoms with van der Waals surface area (Å²) in [6.07, 6.45) is 2.95. The van der Waals surface area contributed by atoms with Gasteiger partial charge in [-0.05, 0) is 19.3 Å². The van der Waals surface area contributed by atoms with Crippen molar-refractivity contribution >= 4 is 5.97 Å². The fraction of sp³-hybridized carbons (Fsp3) is 0.625. The number of carboxylic acids is 1. The molecule has 1 unspecified atom stereocenters. The second-order valence-corrected chi connectivity index (χ2v) is 2.46. The predicted molar refractivity (Wildman–Crippen MR) is 42.3 cm³/mol. The van der Waals surface area contributed by atoms with E-state index in [9.17, 15) is 4.79 Å². The normalized spacial score (nSPS) is 12.5. The smallest absolute Gasteiger partial charge is 0.303 e. The fourth-order valence-electron chi connectivity index (χ4n) is 0.799. The first-order valence-electron chi connectivity index (χ1n) is 3.67. The Hall–Kier alpha value is -0.830. The molecule has 64 valence electrons. The van der Waals surface area contributed by atoms with Gasteiger partial charge in [-0.25, -0.2) is 0 Å². The van der Waals surface area contributed by atoms with Gasteiger partial charge in [-0.1, -0.05) is 6.08 Å². The summed E-state index contributed by atoms with van der Waals surface area (Å²) in [5.41, 5.74) is 0. The standard InChI is InChI=1S/C8H14O3/c1-2-4-7(9)5-3-6-8(10)11/h2,7,9H,1,3-6H2,(H,10,11). The van der Waals surface area contributed by atoms with E-state index in [2.05, 4.69) is 6.58 Å². The number of aliphatic hydroxyl groups is 1. The lowest BCUT2D eigenvalue weighted by molar-refractivity contribution is -0.137. The zero-order chi connectivity index (χ0) is 8.69. The van der Waals surface area contributed by atoms with Crippen LogP contribution in [0, 0.1) is 0 Å². The van der Waals surface area contributed by atoms with Crippen LogP contribution in [-0.4, -0.2) is 22.3 Å². The van der Waals surface area contributed by atoms with Crippen molar-refractivity contribution in [1.29, 1.82) is 0 Å². The van der Waals surface area contributed by atoms with Crippen LogP contribution in [0.25, 0.3) is 0 Å². The van der Waals surface area contributed by atoms with E-state index < -0.39 is 12.1 Å². The third-order valence-corrected chi connectivity index (χ3v) is 1.37. The van der Waals surface area contributed by atoms with Crippen LogP contribution in [0.1, 0.15) is 25.7 Å². The number of carboxylic acid groups (broad SMARTS) is 1. The summed E-state index contributed by atoms with van der Waals surface area (Å²) in [5.74, 6) is -0.809. The van der Waals surface area contributed by atoms with Gasteiger partial charge >= 0.3 is 5.97 Å². The Bertz CT molecular complexity index is 131. The zero-order valence-electron chi connectivity index (χ0n) is 6.49. The molecule has 1 atom stereocenters. The summed E-state index contributed by atoms with van der Waals surface area (Å²) < 4.78 is 0. The van der Waals surface area contributed by atoms with E-state index in [0.717, 1.165) is 0 Å². The molecule has 0 bridgehead atoms. The minimum Gasteiger partial charge on any atom is -0.481 e. The molecule has 0 aromatic heterocycles. The highest BCUT2D eigenvalue weighted by Crippen LogP contribution is 2.04. The molecule has 0 saturated carbocycles. The molecule has 3 nitrogen and oxygen atoms in total. The Balaban J connectivity index is 3.23. The van der Waals surface area contributed by atoms with Gasteiger partial charge in [0.15, 0.2) is 0 Å². The number of hydrogen-bond acceptors (Lipinski definition) is 2. The van der Waals surface area contributed by atoms with Gasteiger partial charge in [0, 0.05) is 6.42 Å². The van der Waals surface area contributed by atoms with Crippen LogP contribution in [-0.2, 0) is 4.79 Å². The Morgan fingerprint density at radius 3 is 2.73 bits per heavy atom. The van der Waals surface area contributed by atoms with Gasteiger partial charge in [-0.2, -0.15) is 0 Å². The number of rotatable bonds is 6. The third-order valence-electron chi connectivity index (χ3n) is 1.37. The maximum absolute atomic E-state index is 10.0. The monoisotopic (exact) mass is 158 g/mol. The zero-order valence-corrected chi connectivity index (χ0v) is 6.49. The molecule has 0 aliphatic heterocycles. The number of aliphatic hydroxyl groups excluding tert-OH is 1. The highest BCUT2D eigenvalue weighted by Gasteiger charge is 2.02. The van der Waals surface area contributed by atoms with Crippen molar-refractivity contribution in [2.24, 2.45) is 0 Å². The summed E-state index contributed by atoms with van der Waals surface area (Å²) in [4.78, 5) is 10.0. The van der Waals surface area contributed by atoms with Crippen LogP contribution in [0.15, 0.2) is 12.7 Å². The quantitative estimate of drug-likeness (QED) is 0.570. The summed E-state index contributed by atoms with van der Waals surface area (Å²) >= 11 is 0. The van der Waals surface area contributed by atoms with Crippen molar-refractivity contribution in [3.63, 3.8) is 0 Å². The molecule has 0 aromatic carbocycles. The summed E-state index contributed by atoms with van der Waals surface area (Å²) in [7, 11) is 0. The lowest BCUT2D eigenvalue weighted by Gasteiger charge is -2.04. The summed E-state index contributed by atoms with van der Waals surface area (Å²) in [6, 6.07) is 0. The highest BCUT2D eigenvalue weighted by atomic mass is 16.4. The van der Waals surface area contributed by atoms with Crippen molar-refractivity contribution in [3.05, 3.63) is 12.7 Å². The molecule has 0 amide bonds. The topological polar surface area (TPSA) is 57.5 Å². The lowest BCUT2D eigenvalue weighted by Crippen LogP contribution is -2.05. The second-order valence-electron chi connectivity index (χ2n) is 2.46. The largest absolute Gasteiger partial charge is 0.481 e. The molecule has 11 heavy (non-hydrogen) atoms. The highest BCUT2D eigenvalue weighted by molar-refractivity contribution is 5.66. The van der Waals surface area contributed by atoms with E-state index in [1.165, 1.54) is 0 Å². The first-order chi connectivity index (χ1) is 5.16. The van der Waals surface area contributed by atoms with E-state index >= 15 is 0 Å². The molecule has 0 aliphatic carbocycles. The molecule has 0 aliphatic rings. The minimum absolute atomic E-state index is 0.133. The number of carbonyl (C=O) groups is 1. The third kappa shape index (κ3) is 7.06. The number of aliphatic carboxylic acids is 1. The molecule has 0 saturated heterocycles. The van der Waals surface area contributed by atoms with Crippen LogP contribution in [0.4, 0.5) is 0 Å². The van der Waals surface area contributed by atoms with E-state index in [1.807, 2.05) is 0 Å². The average Bonchev–Trinajstić information content (AvgIpc) is 1.87. The van der Waals surface area contributed by atoms with E-state index in [4.69, 9.17) is 10.2 Å². The van der Waals surface area contributed by atoms with Gasteiger partial charge in [0.1, 0.15) is 0 Å². The maximum Gasteiger partial charge on any atom is 0.303 e. The SMILES string of the molecule is C=CCC(O)CCCC(=O)O. The van der Waals surface area contributed by atoms with Crippen LogP contribution in [0.5, 0.6) is 0 Å². The van der Waals surface area contributed by atoms with Crippen molar-refractivity contribution in [1.82, 2.24) is 0 Å². The molecule has 0 rings (SSSR count). The molecule has 3 heteroatoms. The molecule has 2 N–H and O–H groups in total. The van der Waals surface area contributed by atoms with Crippen molar-refractivity contribution in [2.75, 3.05) is 0 Å². The Labute approximate surface area is 66.4 Å². The van der Waals surface area contributed by atoms with Crippen molar-refractivity contribution in [3.8, 4) is 0 Å². The van der Waals surface area contributed by atoms with Gasteiger partial charge in [-0.3, -0.25) is 4.79 Å². The van der Waals surface area contributed by atoms with Crippen LogP contribution < -0.4 is 0 Å². The Kier molecular flexibility index (Phi) is 5.47. The molecule has 0 fully saturated rings. The van der Waals surface area contributed by atoms with Crippen LogP contribution in [0.3, 0.4) is 0 Å². The Morgan fingerprint density at radius 2 is 2.27 bits per heavy atom. The molecule has 0 aromatic rings. The van der Waals surface area contributed by atoms with Gasteiger partial charge in [0.05, 0.1) is 6.10 Å². The van der Waals surface area contributed by atoms with Crippen LogP contribution >= 0.6 is 0 Å². The fourth-order valence-corrected chi connectivity index (χ4v) is 0.799.